The van der Waals surface area contributed by atoms with Crippen molar-refractivity contribution < 1.29 is 9.47 Å². The highest BCUT2D eigenvalue weighted by Crippen LogP contribution is 2.48. The molecular weight excluding hydrogens is 344 g/mol. The Labute approximate surface area is 164 Å². The zero-order chi connectivity index (χ0) is 19.0. The van der Waals surface area contributed by atoms with Crippen LogP contribution in [0.5, 0.6) is 5.75 Å². The zero-order valence-electron chi connectivity index (χ0n) is 15.6. The van der Waals surface area contributed by atoms with Crippen LogP contribution in [0.1, 0.15) is 16.7 Å². The van der Waals surface area contributed by atoms with E-state index in [0.29, 0.717) is 0 Å². The fourth-order valence-electron chi connectivity index (χ4n) is 4.00. The lowest BCUT2D eigenvalue weighted by atomic mass is 9.86. The quantitative estimate of drug-likeness (QED) is 0.426. The van der Waals surface area contributed by atoms with E-state index in [4.69, 9.17) is 9.47 Å². The van der Waals surface area contributed by atoms with Crippen LogP contribution in [0.3, 0.4) is 0 Å². The third kappa shape index (κ3) is 2.54. The molecule has 0 saturated heterocycles. The number of ether oxygens (including phenoxy) is 2. The van der Waals surface area contributed by atoms with Crippen LogP contribution < -0.4 is 4.74 Å². The molecule has 0 fully saturated rings. The van der Waals surface area contributed by atoms with Crippen LogP contribution in [0.4, 0.5) is 0 Å². The molecule has 0 aromatic heterocycles. The Kier molecular flexibility index (Phi) is 4.00. The van der Waals surface area contributed by atoms with Crippen LogP contribution in [0.25, 0.3) is 22.4 Å². The van der Waals surface area contributed by atoms with Crippen LogP contribution in [0.15, 0.2) is 97.1 Å². The predicted octanol–water partition coefficient (Wildman–Crippen LogP) is 6.27. The van der Waals surface area contributed by atoms with Crippen molar-refractivity contribution in [3.63, 3.8) is 0 Å². The van der Waals surface area contributed by atoms with Crippen molar-refractivity contribution in [2.75, 3.05) is 7.11 Å². The molecule has 1 unspecified atom stereocenters. The molecule has 1 aliphatic rings. The summed E-state index contributed by atoms with van der Waals surface area (Å²) < 4.78 is 12.7. The van der Waals surface area contributed by atoms with E-state index in [0.717, 1.165) is 28.0 Å². The number of benzene rings is 4. The molecule has 0 N–H and O–H groups in total. The van der Waals surface area contributed by atoms with E-state index < -0.39 is 5.79 Å². The number of fused-ring (bicyclic) bond motifs is 3. The fourth-order valence-corrected chi connectivity index (χ4v) is 4.00. The molecule has 0 bridgehead atoms. The third-order valence-electron chi connectivity index (χ3n) is 5.35. The maximum absolute atomic E-state index is 6.64. The first-order valence-electron chi connectivity index (χ1n) is 9.41. The summed E-state index contributed by atoms with van der Waals surface area (Å²) >= 11 is 0. The van der Waals surface area contributed by atoms with E-state index in [9.17, 15) is 0 Å². The van der Waals surface area contributed by atoms with Gasteiger partial charge in [0, 0.05) is 23.8 Å². The molecule has 4 aromatic carbocycles. The smallest absolute Gasteiger partial charge is 0.264 e. The van der Waals surface area contributed by atoms with Gasteiger partial charge in [0.1, 0.15) is 5.75 Å². The van der Waals surface area contributed by atoms with Gasteiger partial charge in [-0.05, 0) is 28.5 Å². The van der Waals surface area contributed by atoms with Crippen molar-refractivity contribution in [2.45, 2.75) is 5.79 Å². The molecule has 0 aliphatic carbocycles. The lowest BCUT2D eigenvalue weighted by Crippen LogP contribution is -2.38. The monoisotopic (exact) mass is 364 g/mol. The zero-order valence-corrected chi connectivity index (χ0v) is 15.6. The second-order valence-electron chi connectivity index (χ2n) is 6.91. The van der Waals surface area contributed by atoms with Gasteiger partial charge in [0.05, 0.1) is 0 Å². The van der Waals surface area contributed by atoms with Gasteiger partial charge in [0.2, 0.25) is 0 Å². The highest BCUT2D eigenvalue weighted by Gasteiger charge is 2.43. The fraction of sp³-hybridized carbons (Fsp3) is 0.0769. The summed E-state index contributed by atoms with van der Waals surface area (Å²) in [4.78, 5) is 0. The van der Waals surface area contributed by atoms with Gasteiger partial charge >= 0.3 is 0 Å². The Morgan fingerprint density at radius 2 is 1.39 bits per heavy atom. The van der Waals surface area contributed by atoms with Crippen LogP contribution >= 0.6 is 0 Å². The summed E-state index contributed by atoms with van der Waals surface area (Å²) in [5.41, 5.74) is 4.12. The minimum Gasteiger partial charge on any atom is -0.453 e. The maximum Gasteiger partial charge on any atom is 0.264 e. The van der Waals surface area contributed by atoms with E-state index in [2.05, 4.69) is 48.5 Å². The summed E-state index contributed by atoms with van der Waals surface area (Å²) in [5.74, 6) is -0.179. The third-order valence-corrected chi connectivity index (χ3v) is 5.35. The number of hydrogen-bond acceptors (Lipinski definition) is 2. The molecule has 1 atom stereocenters. The first-order valence-corrected chi connectivity index (χ1v) is 9.41. The number of rotatable bonds is 3. The molecule has 0 amide bonds. The molecule has 2 heteroatoms. The molecule has 1 heterocycles. The van der Waals surface area contributed by atoms with Crippen molar-refractivity contribution in [2.24, 2.45) is 0 Å². The second-order valence-corrected chi connectivity index (χ2v) is 6.91. The minimum atomic E-state index is -1.00. The average Bonchev–Trinajstić information content (AvgIpc) is 2.79. The summed E-state index contributed by atoms with van der Waals surface area (Å²) in [7, 11) is 1.70. The normalized spacial score (nSPS) is 18.2. The molecule has 0 radical (unpaired) electrons. The van der Waals surface area contributed by atoms with Gasteiger partial charge < -0.3 is 9.47 Å². The molecule has 0 spiro atoms. The lowest BCUT2D eigenvalue weighted by Gasteiger charge is -2.39. The average molecular weight is 364 g/mol. The van der Waals surface area contributed by atoms with Crippen LogP contribution in [-0.4, -0.2) is 7.11 Å². The highest BCUT2D eigenvalue weighted by molar-refractivity contribution is 6.00. The van der Waals surface area contributed by atoms with Gasteiger partial charge in [0.15, 0.2) is 0 Å². The van der Waals surface area contributed by atoms with Gasteiger partial charge in [-0.3, -0.25) is 0 Å². The van der Waals surface area contributed by atoms with Gasteiger partial charge in [0.25, 0.3) is 5.79 Å². The Morgan fingerprint density at radius 3 is 2.14 bits per heavy atom. The molecule has 136 valence electrons. The van der Waals surface area contributed by atoms with E-state index in [1.807, 2.05) is 54.6 Å². The van der Waals surface area contributed by atoms with E-state index >= 15 is 0 Å². The van der Waals surface area contributed by atoms with E-state index in [-0.39, 0.29) is 0 Å². The van der Waals surface area contributed by atoms with Crippen molar-refractivity contribution in [3.05, 3.63) is 114 Å². The van der Waals surface area contributed by atoms with Gasteiger partial charge in [-0.15, -0.1) is 0 Å². The van der Waals surface area contributed by atoms with Crippen LogP contribution in [0, 0.1) is 0 Å². The number of hydrogen-bond donors (Lipinski definition) is 0. The Balaban J connectivity index is 1.83. The van der Waals surface area contributed by atoms with E-state index in [1.165, 1.54) is 10.8 Å². The van der Waals surface area contributed by atoms with Gasteiger partial charge in [-0.1, -0.05) is 91.0 Å². The predicted molar refractivity (Wildman–Crippen MR) is 114 cm³/mol. The SMILES string of the molecule is COC1(c2ccccc2)Oc2ccc3ccccc3c2C=C1c1ccccc1. The standard InChI is InChI=1S/C26H20O2/c1-27-26(21-13-6-3-7-14-21)24(20-11-4-2-5-12-20)18-23-22-15-9-8-10-19(22)16-17-25(23)28-26/h2-18H,1H3. The van der Waals surface area contributed by atoms with Crippen LogP contribution in [0.2, 0.25) is 0 Å². The molecule has 2 nitrogen and oxygen atoms in total. The summed E-state index contributed by atoms with van der Waals surface area (Å²) in [6.07, 6.45) is 2.22. The highest BCUT2D eigenvalue weighted by atomic mass is 16.7. The molecule has 0 saturated carbocycles. The molecule has 4 aromatic rings. The van der Waals surface area contributed by atoms with Crippen molar-refractivity contribution in [1.29, 1.82) is 0 Å². The van der Waals surface area contributed by atoms with Crippen molar-refractivity contribution in [1.82, 2.24) is 0 Å². The van der Waals surface area contributed by atoms with Crippen molar-refractivity contribution in [3.8, 4) is 5.75 Å². The molecular formula is C26H20O2. The topological polar surface area (TPSA) is 18.5 Å². The van der Waals surface area contributed by atoms with Crippen molar-refractivity contribution >= 4 is 22.4 Å². The summed E-state index contributed by atoms with van der Waals surface area (Å²) in [5, 5.41) is 2.37. The maximum atomic E-state index is 6.64. The van der Waals surface area contributed by atoms with Gasteiger partial charge in [-0.25, -0.2) is 0 Å². The summed E-state index contributed by atoms with van der Waals surface area (Å²) in [6, 6.07) is 32.9. The minimum absolute atomic E-state index is 0.823. The van der Waals surface area contributed by atoms with Gasteiger partial charge in [-0.2, -0.15) is 0 Å². The summed E-state index contributed by atoms with van der Waals surface area (Å²) in [6.45, 7) is 0. The lowest BCUT2D eigenvalue weighted by molar-refractivity contribution is -0.123. The molecule has 5 rings (SSSR count). The Hall–Kier alpha value is -3.36. The second kappa shape index (κ2) is 6.66. The first kappa shape index (κ1) is 16.8. The Morgan fingerprint density at radius 1 is 0.714 bits per heavy atom. The van der Waals surface area contributed by atoms with Crippen LogP contribution in [-0.2, 0) is 10.5 Å². The number of methoxy groups -OCH3 is 1. The first-order chi connectivity index (χ1) is 13.8. The largest absolute Gasteiger partial charge is 0.453 e. The molecule has 1 aliphatic heterocycles. The molecule has 28 heavy (non-hydrogen) atoms. The Bertz CT molecular complexity index is 1160. The van der Waals surface area contributed by atoms with E-state index in [1.54, 1.807) is 7.11 Å².